The molecule has 0 atom stereocenters. The van der Waals surface area contributed by atoms with Crippen LogP contribution in [-0.4, -0.2) is 40.0 Å². The smallest absolute Gasteiger partial charge is 0.416 e. The van der Waals surface area contributed by atoms with Crippen molar-refractivity contribution in [2.75, 3.05) is 27.3 Å². The molecule has 0 amide bonds. The van der Waals surface area contributed by atoms with Gasteiger partial charge in [0.2, 0.25) is 10.0 Å². The molecular weight excluding hydrogens is 371 g/mol. The van der Waals surface area contributed by atoms with E-state index in [2.05, 4.69) is 0 Å². The highest BCUT2D eigenvalue weighted by atomic mass is 32.2. The Kier molecular flexibility index (Phi) is 6.14. The fraction of sp³-hybridized carbons (Fsp3) is 0.294. The number of benzene rings is 2. The van der Waals surface area contributed by atoms with Gasteiger partial charge in [0.25, 0.3) is 0 Å². The Balaban J connectivity index is 2.02. The van der Waals surface area contributed by atoms with Gasteiger partial charge in [0, 0.05) is 13.6 Å². The highest BCUT2D eigenvalue weighted by Gasteiger charge is 2.32. The number of rotatable bonds is 7. The SMILES string of the molecule is COc1ccc(OCCN(C)S(=O)(=O)c2cccc(C(F)(F)F)c2)cc1. The number of hydrogen-bond acceptors (Lipinski definition) is 4. The molecule has 0 radical (unpaired) electrons. The van der Waals surface area contributed by atoms with Crippen molar-refractivity contribution in [1.82, 2.24) is 4.31 Å². The van der Waals surface area contributed by atoms with Gasteiger partial charge in [-0.05, 0) is 42.5 Å². The van der Waals surface area contributed by atoms with E-state index in [1.54, 1.807) is 24.3 Å². The van der Waals surface area contributed by atoms with Gasteiger partial charge in [-0.3, -0.25) is 0 Å². The summed E-state index contributed by atoms with van der Waals surface area (Å²) in [5.41, 5.74) is -1.01. The third kappa shape index (κ3) is 4.89. The summed E-state index contributed by atoms with van der Waals surface area (Å²) >= 11 is 0. The summed E-state index contributed by atoms with van der Waals surface area (Å²) in [6.07, 6.45) is -4.61. The maximum absolute atomic E-state index is 12.8. The average molecular weight is 389 g/mol. The van der Waals surface area contributed by atoms with E-state index in [9.17, 15) is 21.6 Å². The lowest BCUT2D eigenvalue weighted by molar-refractivity contribution is -0.137. The fourth-order valence-electron chi connectivity index (χ4n) is 2.10. The molecule has 0 heterocycles. The molecule has 0 unspecified atom stereocenters. The van der Waals surface area contributed by atoms with Crippen LogP contribution in [0.1, 0.15) is 5.56 Å². The van der Waals surface area contributed by atoms with Crippen molar-refractivity contribution in [2.24, 2.45) is 0 Å². The number of halogens is 3. The third-order valence-electron chi connectivity index (χ3n) is 3.60. The van der Waals surface area contributed by atoms with Crippen LogP contribution < -0.4 is 9.47 Å². The number of sulfonamides is 1. The highest BCUT2D eigenvalue weighted by Crippen LogP contribution is 2.31. The predicted octanol–water partition coefficient (Wildman–Crippen LogP) is 3.41. The van der Waals surface area contributed by atoms with Gasteiger partial charge in [0.1, 0.15) is 18.1 Å². The van der Waals surface area contributed by atoms with Crippen LogP contribution in [0.25, 0.3) is 0 Å². The van der Waals surface area contributed by atoms with Crippen molar-refractivity contribution in [2.45, 2.75) is 11.1 Å². The average Bonchev–Trinajstić information content (AvgIpc) is 2.61. The number of methoxy groups -OCH3 is 1. The molecule has 5 nitrogen and oxygen atoms in total. The first-order valence-electron chi connectivity index (χ1n) is 7.55. The van der Waals surface area contributed by atoms with Crippen molar-refractivity contribution >= 4 is 10.0 Å². The van der Waals surface area contributed by atoms with E-state index < -0.39 is 26.7 Å². The maximum Gasteiger partial charge on any atom is 0.416 e. The van der Waals surface area contributed by atoms with Gasteiger partial charge in [0.15, 0.2) is 0 Å². The third-order valence-corrected chi connectivity index (χ3v) is 5.46. The van der Waals surface area contributed by atoms with Gasteiger partial charge in [0.05, 0.1) is 17.6 Å². The van der Waals surface area contributed by atoms with Gasteiger partial charge < -0.3 is 9.47 Å². The normalized spacial score (nSPS) is 12.2. The maximum atomic E-state index is 12.8. The van der Waals surface area contributed by atoms with Gasteiger partial charge in [-0.15, -0.1) is 0 Å². The molecule has 9 heteroatoms. The van der Waals surface area contributed by atoms with Crippen LogP contribution in [-0.2, 0) is 16.2 Å². The van der Waals surface area contributed by atoms with Gasteiger partial charge in [-0.1, -0.05) is 6.07 Å². The van der Waals surface area contributed by atoms with Gasteiger partial charge >= 0.3 is 6.18 Å². The molecule has 0 aliphatic heterocycles. The zero-order chi connectivity index (χ0) is 19.4. The number of nitrogens with zero attached hydrogens (tertiary/aromatic N) is 1. The molecule has 26 heavy (non-hydrogen) atoms. The van der Waals surface area contributed by atoms with E-state index in [4.69, 9.17) is 9.47 Å². The van der Waals surface area contributed by atoms with Crippen molar-refractivity contribution < 1.29 is 31.1 Å². The van der Waals surface area contributed by atoms with Crippen LogP contribution >= 0.6 is 0 Å². The van der Waals surface area contributed by atoms with E-state index >= 15 is 0 Å². The Bertz CT molecular complexity index is 836. The van der Waals surface area contributed by atoms with Crippen molar-refractivity contribution in [3.63, 3.8) is 0 Å². The second kappa shape index (κ2) is 7.96. The van der Waals surface area contributed by atoms with Crippen molar-refractivity contribution in [1.29, 1.82) is 0 Å². The lowest BCUT2D eigenvalue weighted by Gasteiger charge is -2.18. The molecule has 0 bridgehead atoms. The van der Waals surface area contributed by atoms with Crippen LogP contribution in [0, 0.1) is 0 Å². The molecular formula is C17H18F3NO4S. The predicted molar refractivity (Wildman–Crippen MR) is 89.7 cm³/mol. The Morgan fingerprint density at radius 3 is 2.23 bits per heavy atom. The summed E-state index contributed by atoms with van der Waals surface area (Å²) in [7, 11) is -1.24. The summed E-state index contributed by atoms with van der Waals surface area (Å²) < 4.78 is 74.5. The van der Waals surface area contributed by atoms with E-state index in [0.29, 0.717) is 17.6 Å². The topological polar surface area (TPSA) is 55.8 Å². The molecule has 2 rings (SSSR count). The summed E-state index contributed by atoms with van der Waals surface area (Å²) in [5, 5.41) is 0. The number of alkyl halides is 3. The van der Waals surface area contributed by atoms with Gasteiger partial charge in [-0.2, -0.15) is 17.5 Å². The summed E-state index contributed by atoms with van der Waals surface area (Å²) in [5.74, 6) is 1.18. The van der Waals surface area contributed by atoms with Crippen LogP contribution in [0.4, 0.5) is 13.2 Å². The largest absolute Gasteiger partial charge is 0.497 e. The second-order valence-electron chi connectivity index (χ2n) is 5.38. The Morgan fingerprint density at radius 2 is 1.65 bits per heavy atom. The lowest BCUT2D eigenvalue weighted by Crippen LogP contribution is -2.31. The van der Waals surface area contributed by atoms with E-state index in [0.717, 1.165) is 22.5 Å². The Hall–Kier alpha value is -2.26. The zero-order valence-corrected chi connectivity index (χ0v) is 15.0. The molecule has 0 saturated carbocycles. The molecule has 0 N–H and O–H groups in total. The Labute approximate surface area is 150 Å². The fourth-order valence-corrected chi connectivity index (χ4v) is 3.30. The second-order valence-corrected chi connectivity index (χ2v) is 7.42. The Morgan fingerprint density at radius 1 is 1.04 bits per heavy atom. The standard InChI is InChI=1S/C17H18F3NO4S/c1-21(10-11-25-15-8-6-14(24-2)7-9-15)26(22,23)16-5-3-4-13(12-16)17(18,19)20/h3-9,12H,10-11H2,1-2H3. The lowest BCUT2D eigenvalue weighted by atomic mass is 10.2. The summed E-state index contributed by atoms with van der Waals surface area (Å²) in [6.45, 7) is 0.0195. The molecule has 0 fully saturated rings. The minimum absolute atomic E-state index is 0.0232. The first kappa shape index (κ1) is 20.1. The molecule has 2 aromatic rings. The van der Waals surface area contributed by atoms with E-state index in [1.807, 2.05) is 0 Å². The minimum atomic E-state index is -4.61. The quantitative estimate of drug-likeness (QED) is 0.728. The van der Waals surface area contributed by atoms with Crippen molar-refractivity contribution in [3.8, 4) is 11.5 Å². The molecule has 0 saturated heterocycles. The summed E-state index contributed by atoms with van der Waals surface area (Å²) in [4.78, 5) is -0.417. The highest BCUT2D eigenvalue weighted by molar-refractivity contribution is 7.89. The van der Waals surface area contributed by atoms with E-state index in [1.165, 1.54) is 14.2 Å². The monoisotopic (exact) mass is 389 g/mol. The molecule has 0 aliphatic carbocycles. The molecule has 142 valence electrons. The van der Waals surface area contributed by atoms with Crippen LogP contribution in [0.2, 0.25) is 0 Å². The van der Waals surface area contributed by atoms with E-state index in [-0.39, 0.29) is 13.2 Å². The van der Waals surface area contributed by atoms with Gasteiger partial charge in [-0.25, -0.2) is 8.42 Å². The zero-order valence-electron chi connectivity index (χ0n) is 14.2. The number of ether oxygens (including phenoxy) is 2. The van der Waals surface area contributed by atoms with Crippen LogP contribution in [0.5, 0.6) is 11.5 Å². The van der Waals surface area contributed by atoms with Crippen LogP contribution in [0.15, 0.2) is 53.4 Å². The molecule has 0 spiro atoms. The summed E-state index contributed by atoms with van der Waals surface area (Å²) in [6, 6.07) is 10.4. The number of likely N-dealkylation sites (N-methyl/N-ethyl adjacent to an activating group) is 1. The first-order valence-corrected chi connectivity index (χ1v) is 8.99. The number of hydrogen-bond donors (Lipinski definition) is 0. The minimum Gasteiger partial charge on any atom is -0.497 e. The molecule has 2 aromatic carbocycles. The van der Waals surface area contributed by atoms with Crippen molar-refractivity contribution in [3.05, 3.63) is 54.1 Å². The van der Waals surface area contributed by atoms with Crippen LogP contribution in [0.3, 0.4) is 0 Å². The first-order chi connectivity index (χ1) is 12.1. The molecule has 0 aliphatic rings. The molecule has 0 aromatic heterocycles.